The van der Waals surface area contributed by atoms with Gasteiger partial charge in [-0.1, -0.05) is 0 Å². The highest BCUT2D eigenvalue weighted by Crippen LogP contribution is 1.94. The molecule has 10 heavy (non-hydrogen) atoms. The summed E-state index contributed by atoms with van der Waals surface area (Å²) in [6, 6.07) is 0. The number of Topliss-reactive ketones (excluding diaryl/α,β-unsaturated/α-hetero) is 1. The van der Waals surface area contributed by atoms with Gasteiger partial charge >= 0.3 is 0 Å². The first-order chi connectivity index (χ1) is 4.59. The van der Waals surface area contributed by atoms with Crippen molar-refractivity contribution in [3.63, 3.8) is 0 Å². The molecule has 0 saturated heterocycles. The predicted octanol–water partition coefficient (Wildman–Crippen LogP) is 0.348. The Morgan fingerprint density at radius 3 is 2.30 bits per heavy atom. The summed E-state index contributed by atoms with van der Waals surface area (Å²) in [5.41, 5.74) is 0. The van der Waals surface area contributed by atoms with Gasteiger partial charge in [-0.05, 0) is 20.8 Å². The standard InChI is InChI=1S/C7H13NO2/c1-4-8-7(10)5(2)6(3)9/h5H,4H2,1-3H3,(H,8,10). The van der Waals surface area contributed by atoms with E-state index in [-0.39, 0.29) is 11.7 Å². The second-order valence-corrected chi connectivity index (χ2v) is 2.23. The summed E-state index contributed by atoms with van der Waals surface area (Å²) < 4.78 is 0. The van der Waals surface area contributed by atoms with Crippen molar-refractivity contribution >= 4 is 11.7 Å². The maximum Gasteiger partial charge on any atom is 0.230 e. The Morgan fingerprint density at radius 2 is 2.00 bits per heavy atom. The van der Waals surface area contributed by atoms with Crippen LogP contribution in [0.5, 0.6) is 0 Å². The first-order valence-corrected chi connectivity index (χ1v) is 3.37. The summed E-state index contributed by atoms with van der Waals surface area (Å²) in [5, 5.41) is 2.57. The lowest BCUT2D eigenvalue weighted by atomic mass is 10.1. The number of carbonyl (C=O) groups excluding carboxylic acids is 2. The van der Waals surface area contributed by atoms with Gasteiger partial charge in [0, 0.05) is 6.54 Å². The third-order valence-corrected chi connectivity index (χ3v) is 1.35. The van der Waals surface area contributed by atoms with Crippen LogP contribution in [0, 0.1) is 5.92 Å². The fourth-order valence-electron chi connectivity index (χ4n) is 0.512. The Hall–Kier alpha value is -0.860. The quantitative estimate of drug-likeness (QED) is 0.579. The van der Waals surface area contributed by atoms with Crippen molar-refractivity contribution in [1.29, 1.82) is 0 Å². The van der Waals surface area contributed by atoms with Crippen molar-refractivity contribution in [2.45, 2.75) is 20.8 Å². The van der Waals surface area contributed by atoms with Gasteiger partial charge < -0.3 is 5.32 Å². The molecule has 0 saturated carbocycles. The SMILES string of the molecule is CCNC(=O)C(C)C(C)=O. The number of ketones is 1. The third-order valence-electron chi connectivity index (χ3n) is 1.35. The van der Waals surface area contributed by atoms with Crippen molar-refractivity contribution in [3.05, 3.63) is 0 Å². The molecule has 1 unspecified atom stereocenters. The topological polar surface area (TPSA) is 46.2 Å². The van der Waals surface area contributed by atoms with Crippen LogP contribution in [0.25, 0.3) is 0 Å². The predicted molar refractivity (Wildman–Crippen MR) is 38.5 cm³/mol. The maximum atomic E-state index is 10.9. The monoisotopic (exact) mass is 143 g/mol. The summed E-state index contributed by atoms with van der Waals surface area (Å²) in [6.07, 6.45) is 0. The maximum absolute atomic E-state index is 10.9. The van der Waals surface area contributed by atoms with E-state index < -0.39 is 5.92 Å². The zero-order chi connectivity index (χ0) is 8.15. The van der Waals surface area contributed by atoms with Gasteiger partial charge in [0.2, 0.25) is 5.91 Å². The number of carbonyl (C=O) groups is 2. The van der Waals surface area contributed by atoms with Gasteiger partial charge in [-0.15, -0.1) is 0 Å². The van der Waals surface area contributed by atoms with Crippen LogP contribution in [0.4, 0.5) is 0 Å². The molecule has 3 nitrogen and oxygen atoms in total. The molecule has 0 aromatic carbocycles. The molecule has 0 bridgehead atoms. The van der Waals surface area contributed by atoms with Crippen LogP contribution in [0.15, 0.2) is 0 Å². The summed E-state index contributed by atoms with van der Waals surface area (Å²) >= 11 is 0. The molecule has 1 amide bonds. The fourth-order valence-corrected chi connectivity index (χ4v) is 0.512. The second kappa shape index (κ2) is 4.04. The molecule has 1 N–H and O–H groups in total. The number of hydrogen-bond acceptors (Lipinski definition) is 2. The van der Waals surface area contributed by atoms with Crippen LogP contribution in [0.1, 0.15) is 20.8 Å². The first-order valence-electron chi connectivity index (χ1n) is 3.37. The Labute approximate surface area is 60.8 Å². The minimum Gasteiger partial charge on any atom is -0.356 e. The Kier molecular flexibility index (Phi) is 3.69. The van der Waals surface area contributed by atoms with Crippen LogP contribution in [-0.2, 0) is 9.59 Å². The molecule has 0 aromatic heterocycles. The molecule has 0 aliphatic carbocycles. The van der Waals surface area contributed by atoms with E-state index in [1.165, 1.54) is 6.92 Å². The van der Waals surface area contributed by atoms with Crippen molar-refractivity contribution in [1.82, 2.24) is 5.32 Å². The van der Waals surface area contributed by atoms with E-state index >= 15 is 0 Å². The van der Waals surface area contributed by atoms with Crippen molar-refractivity contribution in [3.8, 4) is 0 Å². The highest BCUT2D eigenvalue weighted by molar-refractivity contribution is 5.99. The van der Waals surface area contributed by atoms with Gasteiger partial charge in [-0.2, -0.15) is 0 Å². The number of rotatable bonds is 3. The molecule has 0 rings (SSSR count). The summed E-state index contributed by atoms with van der Waals surface area (Å²) in [4.78, 5) is 21.5. The van der Waals surface area contributed by atoms with Crippen molar-refractivity contribution in [2.24, 2.45) is 5.92 Å². The normalized spacial score (nSPS) is 12.3. The third kappa shape index (κ3) is 2.62. The number of hydrogen-bond donors (Lipinski definition) is 1. The Morgan fingerprint density at radius 1 is 1.50 bits per heavy atom. The Bertz CT molecular complexity index is 143. The lowest BCUT2D eigenvalue weighted by Crippen LogP contribution is -2.32. The van der Waals surface area contributed by atoms with Crippen LogP contribution in [0.2, 0.25) is 0 Å². The van der Waals surface area contributed by atoms with E-state index in [0.29, 0.717) is 6.54 Å². The van der Waals surface area contributed by atoms with Crippen LogP contribution in [-0.4, -0.2) is 18.2 Å². The van der Waals surface area contributed by atoms with E-state index in [9.17, 15) is 9.59 Å². The lowest BCUT2D eigenvalue weighted by molar-refractivity contribution is -0.132. The highest BCUT2D eigenvalue weighted by Gasteiger charge is 2.15. The van der Waals surface area contributed by atoms with Gasteiger partial charge in [0.05, 0.1) is 5.92 Å². The zero-order valence-corrected chi connectivity index (χ0v) is 6.60. The van der Waals surface area contributed by atoms with E-state index in [2.05, 4.69) is 5.32 Å². The summed E-state index contributed by atoms with van der Waals surface area (Å²) in [5.74, 6) is -0.777. The molecule has 0 radical (unpaired) electrons. The van der Waals surface area contributed by atoms with Gasteiger partial charge in [0.25, 0.3) is 0 Å². The smallest absolute Gasteiger partial charge is 0.230 e. The minimum absolute atomic E-state index is 0.0917. The molecule has 0 fully saturated rings. The summed E-state index contributed by atoms with van der Waals surface area (Å²) in [7, 11) is 0. The average Bonchev–Trinajstić information content (AvgIpc) is 1.87. The summed E-state index contributed by atoms with van der Waals surface area (Å²) in [6.45, 7) is 5.43. The highest BCUT2D eigenvalue weighted by atomic mass is 16.2. The van der Waals surface area contributed by atoms with Crippen molar-refractivity contribution < 1.29 is 9.59 Å². The Balaban J connectivity index is 3.82. The molecule has 0 spiro atoms. The van der Waals surface area contributed by atoms with Crippen LogP contribution >= 0.6 is 0 Å². The van der Waals surface area contributed by atoms with E-state index in [0.717, 1.165) is 0 Å². The molecule has 3 heteroatoms. The van der Waals surface area contributed by atoms with Gasteiger partial charge in [-0.3, -0.25) is 9.59 Å². The molecule has 0 aromatic rings. The molecule has 58 valence electrons. The molecule has 0 aliphatic heterocycles. The van der Waals surface area contributed by atoms with E-state index in [1.54, 1.807) is 6.92 Å². The lowest BCUT2D eigenvalue weighted by Gasteiger charge is -2.05. The number of nitrogens with one attached hydrogen (secondary N) is 1. The second-order valence-electron chi connectivity index (χ2n) is 2.23. The van der Waals surface area contributed by atoms with E-state index in [1.807, 2.05) is 6.92 Å². The van der Waals surface area contributed by atoms with Gasteiger partial charge in [-0.25, -0.2) is 0 Å². The fraction of sp³-hybridized carbons (Fsp3) is 0.714. The average molecular weight is 143 g/mol. The zero-order valence-electron chi connectivity index (χ0n) is 6.60. The van der Waals surface area contributed by atoms with Gasteiger partial charge in [0.1, 0.15) is 5.78 Å². The molecule has 0 aliphatic rings. The minimum atomic E-state index is -0.500. The number of amides is 1. The molecular formula is C7H13NO2. The van der Waals surface area contributed by atoms with E-state index in [4.69, 9.17) is 0 Å². The largest absolute Gasteiger partial charge is 0.356 e. The molecular weight excluding hydrogens is 130 g/mol. The first kappa shape index (κ1) is 9.14. The van der Waals surface area contributed by atoms with Crippen LogP contribution in [0.3, 0.4) is 0 Å². The van der Waals surface area contributed by atoms with Crippen molar-refractivity contribution in [2.75, 3.05) is 6.54 Å². The molecule has 1 atom stereocenters. The van der Waals surface area contributed by atoms with Crippen LogP contribution < -0.4 is 5.32 Å². The molecule has 0 heterocycles. The van der Waals surface area contributed by atoms with Gasteiger partial charge in [0.15, 0.2) is 0 Å².